The number of amides is 1. The van der Waals surface area contributed by atoms with E-state index in [2.05, 4.69) is 10.6 Å². The summed E-state index contributed by atoms with van der Waals surface area (Å²) in [6, 6.07) is 23.2. The first kappa shape index (κ1) is 18.5. The van der Waals surface area contributed by atoms with E-state index in [4.69, 9.17) is 4.74 Å². The van der Waals surface area contributed by atoms with Crippen LogP contribution >= 0.6 is 0 Å². The molecule has 3 rings (SSSR count). The van der Waals surface area contributed by atoms with Crippen LogP contribution in [0.2, 0.25) is 0 Å². The molecule has 1 amide bonds. The fourth-order valence-electron chi connectivity index (χ4n) is 2.48. The highest BCUT2D eigenvalue weighted by molar-refractivity contribution is 5.90. The van der Waals surface area contributed by atoms with Crippen molar-refractivity contribution in [2.45, 2.75) is 13.0 Å². The number of nitrogens with one attached hydrogen (secondary N) is 2. The van der Waals surface area contributed by atoms with Gasteiger partial charge in [0, 0.05) is 17.9 Å². The molecule has 138 valence electrons. The molecule has 3 aromatic rings. The van der Waals surface area contributed by atoms with E-state index in [0.29, 0.717) is 13.2 Å². The van der Waals surface area contributed by atoms with Gasteiger partial charge in [-0.2, -0.15) is 0 Å². The van der Waals surface area contributed by atoms with Gasteiger partial charge in [0.05, 0.1) is 13.0 Å². The summed E-state index contributed by atoms with van der Waals surface area (Å²) in [5, 5.41) is 6.11. The lowest BCUT2D eigenvalue weighted by Gasteiger charge is -2.09. The molecule has 3 aromatic carbocycles. The SMILES string of the molecule is O=C(CCOc1ccccc1)Nc1ccc(NCc2ccc(F)cc2)cc1. The molecule has 0 saturated carbocycles. The van der Waals surface area contributed by atoms with E-state index in [1.165, 1.54) is 12.1 Å². The minimum Gasteiger partial charge on any atom is -0.493 e. The summed E-state index contributed by atoms with van der Waals surface area (Å²) in [6.07, 6.45) is 0.277. The Morgan fingerprint density at radius 3 is 2.22 bits per heavy atom. The third-order valence-electron chi connectivity index (χ3n) is 3.92. The van der Waals surface area contributed by atoms with Crippen LogP contribution in [0.25, 0.3) is 0 Å². The maximum atomic E-state index is 12.9. The maximum Gasteiger partial charge on any atom is 0.227 e. The van der Waals surface area contributed by atoms with Crippen molar-refractivity contribution in [1.29, 1.82) is 0 Å². The lowest BCUT2D eigenvalue weighted by molar-refractivity contribution is -0.116. The van der Waals surface area contributed by atoms with Crippen molar-refractivity contribution in [3.05, 3.63) is 90.2 Å². The quantitative estimate of drug-likeness (QED) is 0.601. The summed E-state index contributed by atoms with van der Waals surface area (Å²) >= 11 is 0. The van der Waals surface area contributed by atoms with Crippen molar-refractivity contribution in [2.24, 2.45) is 0 Å². The molecule has 0 aliphatic carbocycles. The lowest BCUT2D eigenvalue weighted by Crippen LogP contribution is -2.15. The fraction of sp³-hybridized carbons (Fsp3) is 0.136. The Bertz CT molecular complexity index is 850. The molecule has 0 bridgehead atoms. The summed E-state index contributed by atoms with van der Waals surface area (Å²) in [4.78, 5) is 12.0. The molecule has 4 nitrogen and oxygen atoms in total. The van der Waals surface area contributed by atoms with Crippen LogP contribution in [0.5, 0.6) is 5.75 Å². The molecule has 0 aromatic heterocycles. The zero-order valence-electron chi connectivity index (χ0n) is 14.8. The smallest absolute Gasteiger partial charge is 0.227 e. The zero-order valence-corrected chi connectivity index (χ0v) is 14.8. The highest BCUT2D eigenvalue weighted by atomic mass is 19.1. The molecule has 27 heavy (non-hydrogen) atoms. The number of rotatable bonds is 8. The second kappa shape index (κ2) is 9.38. The van der Waals surface area contributed by atoms with Gasteiger partial charge in [0.2, 0.25) is 5.91 Å². The average Bonchev–Trinajstić information content (AvgIpc) is 2.69. The third-order valence-corrected chi connectivity index (χ3v) is 3.92. The number of anilines is 2. The molecule has 0 aliphatic heterocycles. The first-order valence-corrected chi connectivity index (χ1v) is 8.75. The third kappa shape index (κ3) is 6.15. The van der Waals surface area contributed by atoms with Crippen molar-refractivity contribution >= 4 is 17.3 Å². The van der Waals surface area contributed by atoms with Crippen molar-refractivity contribution in [1.82, 2.24) is 0 Å². The molecule has 0 radical (unpaired) electrons. The average molecular weight is 364 g/mol. The minimum absolute atomic E-state index is 0.0991. The monoisotopic (exact) mass is 364 g/mol. The maximum absolute atomic E-state index is 12.9. The molecule has 0 saturated heterocycles. The van der Waals surface area contributed by atoms with Crippen LogP contribution in [0.4, 0.5) is 15.8 Å². The molecule has 0 heterocycles. The minimum atomic E-state index is -0.243. The van der Waals surface area contributed by atoms with E-state index in [1.54, 1.807) is 12.1 Å². The molecule has 2 N–H and O–H groups in total. The standard InChI is InChI=1S/C22H21FN2O2/c23-18-8-6-17(7-9-18)16-24-19-10-12-20(13-11-19)25-22(26)14-15-27-21-4-2-1-3-5-21/h1-13,24H,14-16H2,(H,25,26). The number of hydrogen-bond donors (Lipinski definition) is 2. The Labute approximate surface area is 158 Å². The van der Waals surface area contributed by atoms with Crippen LogP contribution in [0, 0.1) is 5.82 Å². The normalized spacial score (nSPS) is 10.3. The van der Waals surface area contributed by atoms with Crippen molar-refractivity contribution in [2.75, 3.05) is 17.2 Å². The number of hydrogen-bond acceptors (Lipinski definition) is 3. The Balaban J connectivity index is 1.41. The van der Waals surface area contributed by atoms with Gasteiger partial charge in [-0.3, -0.25) is 4.79 Å². The second-order valence-corrected chi connectivity index (χ2v) is 6.02. The number of benzene rings is 3. The van der Waals surface area contributed by atoms with E-state index in [0.717, 1.165) is 22.7 Å². The zero-order chi connectivity index (χ0) is 18.9. The molecule has 0 unspecified atom stereocenters. The van der Waals surface area contributed by atoms with Gasteiger partial charge in [-0.05, 0) is 54.1 Å². The number of para-hydroxylation sites is 1. The molecule has 0 spiro atoms. The van der Waals surface area contributed by atoms with Crippen LogP contribution in [0.15, 0.2) is 78.9 Å². The van der Waals surface area contributed by atoms with E-state index in [-0.39, 0.29) is 18.1 Å². The van der Waals surface area contributed by atoms with E-state index in [9.17, 15) is 9.18 Å². The van der Waals surface area contributed by atoms with Gasteiger partial charge in [0.25, 0.3) is 0 Å². The van der Waals surface area contributed by atoms with E-state index < -0.39 is 0 Å². The summed E-state index contributed by atoms with van der Waals surface area (Å²) in [5.41, 5.74) is 2.64. The first-order chi connectivity index (χ1) is 13.2. The highest BCUT2D eigenvalue weighted by Crippen LogP contribution is 2.15. The predicted octanol–water partition coefficient (Wildman–Crippen LogP) is 4.85. The van der Waals surface area contributed by atoms with Gasteiger partial charge >= 0.3 is 0 Å². The summed E-state index contributed by atoms with van der Waals surface area (Å²) in [7, 11) is 0. The van der Waals surface area contributed by atoms with E-state index >= 15 is 0 Å². The molecule has 0 aliphatic rings. The topological polar surface area (TPSA) is 50.4 Å². The van der Waals surface area contributed by atoms with Crippen LogP contribution in [-0.4, -0.2) is 12.5 Å². The predicted molar refractivity (Wildman–Crippen MR) is 105 cm³/mol. The first-order valence-electron chi connectivity index (χ1n) is 8.75. The van der Waals surface area contributed by atoms with Crippen LogP contribution in [-0.2, 0) is 11.3 Å². The molecule has 0 fully saturated rings. The summed E-state index contributed by atoms with van der Waals surface area (Å²) < 4.78 is 18.4. The molecule has 0 atom stereocenters. The highest BCUT2D eigenvalue weighted by Gasteiger charge is 2.03. The number of halogens is 1. The van der Waals surface area contributed by atoms with Crippen LogP contribution in [0.3, 0.4) is 0 Å². The largest absolute Gasteiger partial charge is 0.493 e. The van der Waals surface area contributed by atoms with Crippen LogP contribution in [0.1, 0.15) is 12.0 Å². The Kier molecular flexibility index (Phi) is 6.41. The Morgan fingerprint density at radius 1 is 0.852 bits per heavy atom. The number of ether oxygens (including phenoxy) is 1. The van der Waals surface area contributed by atoms with Gasteiger partial charge < -0.3 is 15.4 Å². The molecular weight excluding hydrogens is 343 g/mol. The second-order valence-electron chi connectivity index (χ2n) is 6.02. The summed E-state index contributed by atoms with van der Waals surface area (Å²) in [6.45, 7) is 0.927. The van der Waals surface area contributed by atoms with Gasteiger partial charge in [-0.15, -0.1) is 0 Å². The lowest BCUT2D eigenvalue weighted by atomic mass is 10.2. The van der Waals surface area contributed by atoms with Gasteiger partial charge in [-0.25, -0.2) is 4.39 Å². The summed E-state index contributed by atoms with van der Waals surface area (Å²) in [5.74, 6) is 0.410. The number of carbonyl (C=O) groups is 1. The van der Waals surface area contributed by atoms with Crippen molar-refractivity contribution in [3.8, 4) is 5.75 Å². The van der Waals surface area contributed by atoms with E-state index in [1.807, 2.05) is 54.6 Å². The molecule has 5 heteroatoms. The molecular formula is C22H21FN2O2. The van der Waals surface area contributed by atoms with Crippen LogP contribution < -0.4 is 15.4 Å². The van der Waals surface area contributed by atoms with Crippen molar-refractivity contribution in [3.63, 3.8) is 0 Å². The fourth-order valence-corrected chi connectivity index (χ4v) is 2.48. The number of carbonyl (C=O) groups excluding carboxylic acids is 1. The van der Waals surface area contributed by atoms with Gasteiger partial charge in [0.1, 0.15) is 11.6 Å². The Morgan fingerprint density at radius 2 is 1.52 bits per heavy atom. The Hall–Kier alpha value is -3.34. The van der Waals surface area contributed by atoms with Crippen molar-refractivity contribution < 1.29 is 13.9 Å². The van der Waals surface area contributed by atoms with Gasteiger partial charge in [-0.1, -0.05) is 30.3 Å². The van der Waals surface area contributed by atoms with Gasteiger partial charge in [0.15, 0.2) is 0 Å².